The Kier molecular flexibility index (Phi) is 7.00. The van der Waals surface area contributed by atoms with Crippen LogP contribution in [0.25, 0.3) is 0 Å². The fourth-order valence-electron chi connectivity index (χ4n) is 5.03. The van der Waals surface area contributed by atoms with Crippen molar-refractivity contribution in [2.24, 2.45) is 11.8 Å². The smallest absolute Gasteiger partial charge is 0.308 e. The third kappa shape index (κ3) is 4.96. The largest absolute Gasteiger partial charge is 0.481 e. The lowest BCUT2D eigenvalue weighted by Gasteiger charge is -2.34. The number of carboxylic acids is 1. The van der Waals surface area contributed by atoms with Crippen LogP contribution < -0.4 is 10.6 Å². The van der Waals surface area contributed by atoms with E-state index in [1.54, 1.807) is 0 Å². The van der Waals surface area contributed by atoms with Gasteiger partial charge in [-0.05, 0) is 42.5 Å². The molecule has 3 N–H and O–H groups in total. The number of halogens is 1. The first-order valence-electron chi connectivity index (χ1n) is 11.9. The molecular weight excluding hydrogens is 455 g/mol. The van der Waals surface area contributed by atoms with Crippen molar-refractivity contribution in [2.45, 2.75) is 64.1 Å². The van der Waals surface area contributed by atoms with Crippen LogP contribution in [0.3, 0.4) is 0 Å². The summed E-state index contributed by atoms with van der Waals surface area (Å²) in [6, 6.07) is 2.89. The van der Waals surface area contributed by atoms with E-state index in [-0.39, 0.29) is 30.2 Å². The average Bonchev–Trinajstić information content (AvgIpc) is 3.16. The summed E-state index contributed by atoms with van der Waals surface area (Å²) in [6.45, 7) is 3.95. The topological polar surface area (TPSA) is 130 Å². The number of aromatic nitrogens is 2. The molecule has 3 heterocycles. The number of Topliss-reactive ketones (excluding diaryl/α,β-unsaturated/α-hetero) is 1. The number of carbonyl (C=O) groups is 4. The first kappa shape index (κ1) is 24.6. The van der Waals surface area contributed by atoms with Crippen molar-refractivity contribution in [2.75, 3.05) is 0 Å². The van der Waals surface area contributed by atoms with Gasteiger partial charge in [-0.25, -0.2) is 4.98 Å². The van der Waals surface area contributed by atoms with Crippen LogP contribution in [0.4, 0.5) is 4.39 Å². The Balaban J connectivity index is 1.55. The van der Waals surface area contributed by atoms with Gasteiger partial charge >= 0.3 is 5.97 Å². The van der Waals surface area contributed by atoms with Crippen LogP contribution in [0.1, 0.15) is 60.6 Å². The Labute approximate surface area is 202 Å². The molecule has 0 saturated carbocycles. The Morgan fingerprint density at radius 1 is 1.29 bits per heavy atom. The Hall–Kier alpha value is -3.56. The van der Waals surface area contributed by atoms with E-state index >= 15 is 0 Å². The van der Waals surface area contributed by atoms with Gasteiger partial charge in [0.2, 0.25) is 11.9 Å². The number of amides is 2. The van der Waals surface area contributed by atoms with E-state index in [0.29, 0.717) is 19.3 Å². The van der Waals surface area contributed by atoms with Gasteiger partial charge in [0.25, 0.3) is 5.91 Å². The average molecular weight is 485 g/mol. The lowest BCUT2D eigenvalue weighted by Crippen LogP contribution is -2.55. The molecule has 0 radical (unpaired) electrons. The van der Waals surface area contributed by atoms with E-state index in [1.165, 1.54) is 6.07 Å². The number of aryl methyl sites for hydroxylation is 1. The summed E-state index contributed by atoms with van der Waals surface area (Å²) < 4.78 is 15.0. The molecule has 0 saturated heterocycles. The Morgan fingerprint density at radius 3 is 2.71 bits per heavy atom. The van der Waals surface area contributed by atoms with Crippen LogP contribution in [-0.4, -0.2) is 50.3 Å². The van der Waals surface area contributed by atoms with Crippen molar-refractivity contribution >= 4 is 23.6 Å². The fraction of sp³-hybridized carbons (Fsp3) is 0.480. The predicted octanol–water partition coefficient (Wildman–Crippen LogP) is 2.06. The maximum atomic E-state index is 13.4. The minimum atomic E-state index is -1.02. The molecule has 1 aliphatic carbocycles. The van der Waals surface area contributed by atoms with Gasteiger partial charge in [0.05, 0.1) is 17.4 Å². The molecule has 0 aromatic carbocycles. The van der Waals surface area contributed by atoms with Crippen molar-refractivity contribution in [1.29, 1.82) is 0 Å². The molecule has 0 bridgehead atoms. The first-order chi connectivity index (χ1) is 16.7. The van der Waals surface area contributed by atoms with Gasteiger partial charge in [0.1, 0.15) is 11.8 Å². The van der Waals surface area contributed by atoms with Crippen LogP contribution in [-0.2, 0) is 27.3 Å². The molecule has 35 heavy (non-hydrogen) atoms. The number of nitrogens with one attached hydrogen (secondary N) is 2. The lowest BCUT2D eigenvalue weighted by molar-refractivity contribution is -0.144. The number of hydrogen-bond acceptors (Lipinski definition) is 5. The molecule has 4 rings (SSSR count). The monoisotopic (exact) mass is 484 g/mol. The summed E-state index contributed by atoms with van der Waals surface area (Å²) >= 11 is 0. The fourth-order valence-corrected chi connectivity index (χ4v) is 5.03. The van der Waals surface area contributed by atoms with Crippen LogP contribution in [0.5, 0.6) is 0 Å². The van der Waals surface area contributed by atoms with E-state index in [0.717, 1.165) is 23.5 Å². The molecule has 0 fully saturated rings. The molecule has 2 amide bonds. The molecular formula is C25H29FN4O5. The van der Waals surface area contributed by atoms with E-state index in [9.17, 15) is 28.7 Å². The molecule has 0 spiro atoms. The number of rotatable bonds is 7. The molecule has 2 aromatic heterocycles. The summed E-state index contributed by atoms with van der Waals surface area (Å²) in [5, 5.41) is 15.3. The summed E-state index contributed by atoms with van der Waals surface area (Å²) in [5.74, 6) is -4.57. The van der Waals surface area contributed by atoms with E-state index in [1.807, 2.05) is 30.7 Å². The van der Waals surface area contributed by atoms with Crippen molar-refractivity contribution in [3.63, 3.8) is 0 Å². The molecule has 9 nitrogen and oxygen atoms in total. The van der Waals surface area contributed by atoms with Crippen LogP contribution in [0, 0.1) is 17.8 Å². The highest BCUT2D eigenvalue weighted by molar-refractivity contribution is 5.98. The summed E-state index contributed by atoms with van der Waals surface area (Å²) in [6.07, 6.45) is 4.61. The van der Waals surface area contributed by atoms with Gasteiger partial charge in [0.15, 0.2) is 0 Å². The van der Waals surface area contributed by atoms with E-state index < -0.39 is 47.7 Å². The number of aliphatic carboxylic acids is 1. The van der Waals surface area contributed by atoms with Crippen molar-refractivity contribution < 1.29 is 28.7 Å². The normalized spacial score (nSPS) is 22.9. The van der Waals surface area contributed by atoms with Gasteiger partial charge in [-0.15, -0.1) is 0 Å². The molecule has 10 heteroatoms. The van der Waals surface area contributed by atoms with Gasteiger partial charge in [-0.1, -0.05) is 20.3 Å². The summed E-state index contributed by atoms with van der Waals surface area (Å²) in [7, 11) is 0. The number of nitrogens with zero attached hydrogens (tertiary/aromatic N) is 2. The summed E-state index contributed by atoms with van der Waals surface area (Å²) in [5.41, 5.74) is 1.90. The van der Waals surface area contributed by atoms with Crippen molar-refractivity contribution in [1.82, 2.24) is 20.2 Å². The highest BCUT2D eigenvalue weighted by Crippen LogP contribution is 2.38. The van der Waals surface area contributed by atoms with Crippen LogP contribution >= 0.6 is 0 Å². The van der Waals surface area contributed by atoms with E-state index in [2.05, 4.69) is 15.6 Å². The van der Waals surface area contributed by atoms with E-state index in [4.69, 9.17) is 0 Å². The highest BCUT2D eigenvalue weighted by atomic mass is 19.1. The minimum absolute atomic E-state index is 0.101. The Morgan fingerprint density at radius 2 is 2.06 bits per heavy atom. The zero-order chi connectivity index (χ0) is 25.3. The second-order valence-corrected chi connectivity index (χ2v) is 9.42. The van der Waals surface area contributed by atoms with Gasteiger partial charge < -0.3 is 20.3 Å². The minimum Gasteiger partial charge on any atom is -0.481 e. The zero-order valence-electron chi connectivity index (χ0n) is 19.7. The van der Waals surface area contributed by atoms with Gasteiger partial charge in [0, 0.05) is 37.1 Å². The third-order valence-electron chi connectivity index (χ3n) is 7.18. The number of carboxylic acid groups (broad SMARTS) is 1. The van der Waals surface area contributed by atoms with Gasteiger partial charge in [-0.2, -0.15) is 4.39 Å². The lowest BCUT2D eigenvalue weighted by atomic mass is 9.79. The quantitative estimate of drug-likeness (QED) is 0.516. The highest BCUT2D eigenvalue weighted by Gasteiger charge is 2.43. The number of carbonyl (C=O) groups excluding carboxylic acids is 3. The number of pyridine rings is 1. The Bertz CT molecular complexity index is 1150. The molecule has 3 unspecified atom stereocenters. The second kappa shape index (κ2) is 9.97. The number of ketones is 1. The molecule has 186 valence electrons. The standard InChI is InChI=1S/C25H29FN4O5/c1-3-13(2)21(29-23(32)15-5-7-19(26)27-11-15)24(33)28-17-6-4-14-8-9-30-12-16(25(34)35)10-18(31)20(17)22(14)30/h5,7-9,11,13,16-17,20-21H,3-4,6,10,12H2,1-2H3,(H,28,33)(H,29,32)(H,34,35)/t13?,16-,17-,20?,21?/m0/s1. The molecule has 2 aliphatic rings. The van der Waals surface area contributed by atoms with Crippen molar-refractivity contribution in [3.8, 4) is 0 Å². The van der Waals surface area contributed by atoms with Crippen LogP contribution in [0.15, 0.2) is 30.6 Å². The zero-order valence-corrected chi connectivity index (χ0v) is 19.7. The number of hydrogen-bond donors (Lipinski definition) is 3. The van der Waals surface area contributed by atoms with Gasteiger partial charge in [-0.3, -0.25) is 19.2 Å². The first-order valence-corrected chi connectivity index (χ1v) is 11.9. The predicted molar refractivity (Wildman–Crippen MR) is 123 cm³/mol. The maximum Gasteiger partial charge on any atom is 0.308 e. The maximum absolute atomic E-state index is 13.4. The molecule has 2 aromatic rings. The third-order valence-corrected chi connectivity index (χ3v) is 7.18. The van der Waals surface area contributed by atoms with Crippen LogP contribution in [0.2, 0.25) is 0 Å². The summed E-state index contributed by atoms with van der Waals surface area (Å²) in [4.78, 5) is 54.5. The second-order valence-electron chi connectivity index (χ2n) is 9.42. The van der Waals surface area contributed by atoms with Crippen molar-refractivity contribution in [3.05, 3.63) is 53.4 Å². The SMILES string of the molecule is CCC(C)C(NC(=O)c1ccc(F)nc1)C(=O)N[C@H]1CCc2ccn3c2C1C(=O)C[C@H](C(=O)O)C3. The molecule has 1 aliphatic heterocycles. The molecule has 5 atom stereocenters.